The summed E-state index contributed by atoms with van der Waals surface area (Å²) in [6.07, 6.45) is 1.03. The molecule has 0 aromatic heterocycles. The zero-order chi connectivity index (χ0) is 13.7. The van der Waals surface area contributed by atoms with Crippen LogP contribution in [0, 0.1) is 5.92 Å². The molecule has 1 heterocycles. The number of urea groups is 1. The van der Waals surface area contributed by atoms with Gasteiger partial charge < -0.3 is 15.5 Å². The lowest BCUT2D eigenvalue weighted by Crippen LogP contribution is -2.51. The molecule has 104 valence electrons. The molecule has 4 heteroatoms. The number of nitrogens with one attached hydrogen (secondary N) is 2. The first-order valence-corrected chi connectivity index (χ1v) is 7.05. The van der Waals surface area contributed by atoms with Crippen LogP contribution in [0.15, 0.2) is 30.3 Å². The van der Waals surface area contributed by atoms with Gasteiger partial charge in [-0.15, -0.1) is 0 Å². The van der Waals surface area contributed by atoms with Gasteiger partial charge in [0.1, 0.15) is 0 Å². The molecule has 1 fully saturated rings. The monoisotopic (exact) mass is 261 g/mol. The van der Waals surface area contributed by atoms with Crippen LogP contribution in [0.3, 0.4) is 0 Å². The van der Waals surface area contributed by atoms with E-state index >= 15 is 0 Å². The molecular formula is C15H23N3O. The van der Waals surface area contributed by atoms with Gasteiger partial charge in [0.25, 0.3) is 0 Å². The summed E-state index contributed by atoms with van der Waals surface area (Å²) in [5, 5.41) is 6.43. The SMILES string of the molecule is CCNC1CCN(C(=O)Nc2ccccc2)CC1C. The highest BCUT2D eigenvalue weighted by Gasteiger charge is 2.27. The van der Waals surface area contributed by atoms with E-state index in [2.05, 4.69) is 24.5 Å². The third-order valence-electron chi connectivity index (χ3n) is 3.68. The van der Waals surface area contributed by atoms with E-state index in [4.69, 9.17) is 0 Å². The highest BCUT2D eigenvalue weighted by Crippen LogP contribution is 2.18. The first-order valence-electron chi connectivity index (χ1n) is 7.05. The number of benzene rings is 1. The van der Waals surface area contributed by atoms with Crippen LogP contribution in [0.1, 0.15) is 20.3 Å². The summed E-state index contributed by atoms with van der Waals surface area (Å²) in [4.78, 5) is 14.1. The summed E-state index contributed by atoms with van der Waals surface area (Å²) in [5.74, 6) is 0.496. The fourth-order valence-electron chi connectivity index (χ4n) is 2.62. The summed E-state index contributed by atoms with van der Waals surface area (Å²) in [6.45, 7) is 6.96. The van der Waals surface area contributed by atoms with Gasteiger partial charge in [-0.3, -0.25) is 0 Å². The first kappa shape index (κ1) is 13.9. The molecule has 0 saturated carbocycles. The Labute approximate surface area is 115 Å². The Morgan fingerprint density at radius 2 is 2.11 bits per heavy atom. The second kappa shape index (κ2) is 6.57. The van der Waals surface area contributed by atoms with Gasteiger partial charge in [-0.05, 0) is 31.0 Å². The van der Waals surface area contributed by atoms with E-state index in [0.29, 0.717) is 12.0 Å². The number of carbonyl (C=O) groups is 1. The van der Waals surface area contributed by atoms with Gasteiger partial charge >= 0.3 is 6.03 Å². The molecule has 0 bridgehead atoms. The average Bonchev–Trinajstić information content (AvgIpc) is 2.42. The molecule has 0 radical (unpaired) electrons. The minimum atomic E-state index is 0.00741. The van der Waals surface area contributed by atoms with Gasteiger partial charge in [-0.2, -0.15) is 0 Å². The number of hydrogen-bond acceptors (Lipinski definition) is 2. The molecule has 2 unspecified atom stereocenters. The molecule has 2 amide bonds. The second-order valence-corrected chi connectivity index (χ2v) is 5.17. The maximum Gasteiger partial charge on any atom is 0.321 e. The second-order valence-electron chi connectivity index (χ2n) is 5.17. The molecule has 4 nitrogen and oxygen atoms in total. The van der Waals surface area contributed by atoms with Crippen molar-refractivity contribution >= 4 is 11.7 Å². The molecule has 2 rings (SSSR count). The van der Waals surface area contributed by atoms with Gasteiger partial charge in [0.15, 0.2) is 0 Å². The molecule has 0 aliphatic carbocycles. The Morgan fingerprint density at radius 3 is 2.74 bits per heavy atom. The maximum atomic E-state index is 12.2. The fourth-order valence-corrected chi connectivity index (χ4v) is 2.62. The van der Waals surface area contributed by atoms with Crippen molar-refractivity contribution in [3.8, 4) is 0 Å². The van der Waals surface area contributed by atoms with Crippen molar-refractivity contribution in [1.29, 1.82) is 0 Å². The Hall–Kier alpha value is -1.55. The normalized spacial score (nSPS) is 23.2. The summed E-state index contributed by atoms with van der Waals surface area (Å²) in [5.41, 5.74) is 0.856. The number of rotatable bonds is 3. The number of carbonyl (C=O) groups excluding carboxylic acids is 1. The smallest absolute Gasteiger partial charge is 0.321 e. The third kappa shape index (κ3) is 3.70. The van der Waals surface area contributed by atoms with Crippen molar-refractivity contribution in [1.82, 2.24) is 10.2 Å². The number of para-hydroxylation sites is 1. The van der Waals surface area contributed by atoms with Crippen LogP contribution in [0.2, 0.25) is 0 Å². The van der Waals surface area contributed by atoms with Crippen molar-refractivity contribution in [3.05, 3.63) is 30.3 Å². The quantitative estimate of drug-likeness (QED) is 0.878. The number of amides is 2. The zero-order valence-corrected chi connectivity index (χ0v) is 11.7. The van der Waals surface area contributed by atoms with E-state index in [9.17, 15) is 4.79 Å². The van der Waals surface area contributed by atoms with E-state index in [-0.39, 0.29) is 6.03 Å². The molecule has 19 heavy (non-hydrogen) atoms. The molecule has 1 aromatic rings. The molecule has 1 aliphatic heterocycles. The van der Waals surface area contributed by atoms with E-state index in [1.54, 1.807) is 0 Å². The molecule has 1 saturated heterocycles. The van der Waals surface area contributed by atoms with Crippen LogP contribution < -0.4 is 10.6 Å². The Balaban J connectivity index is 1.88. The molecule has 1 aliphatic rings. The molecule has 0 spiro atoms. The van der Waals surface area contributed by atoms with Crippen LogP contribution in [-0.2, 0) is 0 Å². The number of hydrogen-bond donors (Lipinski definition) is 2. The van der Waals surface area contributed by atoms with Crippen LogP contribution in [0.5, 0.6) is 0 Å². The van der Waals surface area contributed by atoms with Gasteiger partial charge in [0.05, 0.1) is 0 Å². The standard InChI is InChI=1S/C15H23N3O/c1-3-16-14-9-10-18(11-12(14)2)15(19)17-13-7-5-4-6-8-13/h4-8,12,14,16H,3,9-11H2,1-2H3,(H,17,19). The molecular weight excluding hydrogens is 238 g/mol. The van der Waals surface area contributed by atoms with Crippen molar-refractivity contribution in [2.45, 2.75) is 26.3 Å². The number of likely N-dealkylation sites (tertiary alicyclic amines) is 1. The summed E-state index contributed by atoms with van der Waals surface area (Å²) < 4.78 is 0. The third-order valence-corrected chi connectivity index (χ3v) is 3.68. The average molecular weight is 261 g/mol. The fraction of sp³-hybridized carbons (Fsp3) is 0.533. The minimum Gasteiger partial charge on any atom is -0.324 e. The van der Waals surface area contributed by atoms with Gasteiger partial charge in [0, 0.05) is 24.8 Å². The number of anilines is 1. The van der Waals surface area contributed by atoms with Gasteiger partial charge in [-0.25, -0.2) is 4.79 Å². The van der Waals surface area contributed by atoms with Gasteiger partial charge in [0.2, 0.25) is 0 Å². The highest BCUT2D eigenvalue weighted by molar-refractivity contribution is 5.89. The molecule has 2 N–H and O–H groups in total. The van der Waals surface area contributed by atoms with Crippen molar-refractivity contribution < 1.29 is 4.79 Å². The Kier molecular flexibility index (Phi) is 4.80. The first-order chi connectivity index (χ1) is 9.20. The lowest BCUT2D eigenvalue weighted by Gasteiger charge is -2.37. The highest BCUT2D eigenvalue weighted by atomic mass is 16.2. The largest absolute Gasteiger partial charge is 0.324 e. The minimum absolute atomic E-state index is 0.00741. The maximum absolute atomic E-state index is 12.2. The van der Waals surface area contributed by atoms with Crippen LogP contribution >= 0.6 is 0 Å². The van der Waals surface area contributed by atoms with E-state index in [1.165, 1.54) is 0 Å². The van der Waals surface area contributed by atoms with Crippen molar-refractivity contribution in [2.24, 2.45) is 5.92 Å². The van der Waals surface area contributed by atoms with E-state index in [0.717, 1.165) is 31.7 Å². The lowest BCUT2D eigenvalue weighted by molar-refractivity contribution is 0.161. The van der Waals surface area contributed by atoms with E-state index in [1.807, 2.05) is 35.2 Å². The van der Waals surface area contributed by atoms with Gasteiger partial charge in [-0.1, -0.05) is 32.0 Å². The van der Waals surface area contributed by atoms with Crippen molar-refractivity contribution in [3.63, 3.8) is 0 Å². The number of piperidine rings is 1. The van der Waals surface area contributed by atoms with Crippen LogP contribution in [0.25, 0.3) is 0 Å². The molecule has 2 atom stereocenters. The Morgan fingerprint density at radius 1 is 1.37 bits per heavy atom. The lowest BCUT2D eigenvalue weighted by atomic mass is 9.94. The predicted octanol–water partition coefficient (Wildman–Crippen LogP) is 2.54. The Bertz CT molecular complexity index is 407. The van der Waals surface area contributed by atoms with E-state index < -0.39 is 0 Å². The summed E-state index contributed by atoms with van der Waals surface area (Å²) in [7, 11) is 0. The summed E-state index contributed by atoms with van der Waals surface area (Å²) >= 11 is 0. The summed E-state index contributed by atoms with van der Waals surface area (Å²) in [6, 6.07) is 10.2. The molecule has 1 aromatic carbocycles. The van der Waals surface area contributed by atoms with Crippen LogP contribution in [-0.4, -0.2) is 36.6 Å². The predicted molar refractivity (Wildman–Crippen MR) is 78.3 cm³/mol. The zero-order valence-electron chi connectivity index (χ0n) is 11.7. The topological polar surface area (TPSA) is 44.4 Å². The van der Waals surface area contributed by atoms with Crippen LogP contribution in [0.4, 0.5) is 10.5 Å². The van der Waals surface area contributed by atoms with Crippen molar-refractivity contribution in [2.75, 3.05) is 25.0 Å². The number of nitrogens with zero attached hydrogens (tertiary/aromatic N) is 1.